The second-order valence-electron chi connectivity index (χ2n) is 10.2. The summed E-state index contributed by atoms with van der Waals surface area (Å²) in [5.74, 6) is 0.480. The molecule has 0 saturated heterocycles. The number of rotatable bonds is 11. The maximum Gasteiger partial charge on any atom is 0.242 e. The van der Waals surface area contributed by atoms with Gasteiger partial charge in [-0.05, 0) is 50.5 Å². The Hall–Kier alpha value is -2.69. The first kappa shape index (κ1) is 30.3. The highest BCUT2D eigenvalue weighted by Gasteiger charge is 2.30. The van der Waals surface area contributed by atoms with Crippen molar-refractivity contribution in [3.63, 3.8) is 0 Å². The number of sulfonamides is 1. The van der Waals surface area contributed by atoms with Crippen LogP contribution in [0.3, 0.4) is 0 Å². The number of benzene rings is 2. The van der Waals surface area contributed by atoms with Gasteiger partial charge in [-0.3, -0.25) is 13.9 Å². The minimum atomic E-state index is -3.65. The predicted molar refractivity (Wildman–Crippen MR) is 156 cm³/mol. The molecule has 4 rings (SSSR count). The quantitative estimate of drug-likeness (QED) is 0.392. The van der Waals surface area contributed by atoms with Gasteiger partial charge in [0, 0.05) is 47.2 Å². The van der Waals surface area contributed by atoms with Gasteiger partial charge in [-0.1, -0.05) is 42.1 Å². The van der Waals surface area contributed by atoms with Crippen molar-refractivity contribution in [2.45, 2.75) is 64.1 Å². The molecule has 1 saturated carbocycles. The van der Waals surface area contributed by atoms with Crippen molar-refractivity contribution in [3.05, 3.63) is 52.0 Å². The molecule has 2 aromatic carbocycles. The lowest BCUT2D eigenvalue weighted by atomic mass is 10.1. The second kappa shape index (κ2) is 13.3. The molecular formula is C28H35Cl2N3O6S. The SMILES string of the molecule is C[C@H](C(=O)NC1CCCC1)N(Cc1c(Cl)cccc1Cl)C(=O)CCCN(c1ccc2c(c1)OCCO2)S(C)(=O)=O. The number of halogens is 2. The van der Waals surface area contributed by atoms with Crippen molar-refractivity contribution in [1.29, 1.82) is 0 Å². The van der Waals surface area contributed by atoms with Crippen molar-refractivity contribution in [2.24, 2.45) is 0 Å². The number of hydrogen-bond donors (Lipinski definition) is 1. The minimum Gasteiger partial charge on any atom is -0.486 e. The maximum atomic E-state index is 13.6. The number of amides is 2. The summed E-state index contributed by atoms with van der Waals surface area (Å²) >= 11 is 12.8. The Balaban J connectivity index is 1.48. The van der Waals surface area contributed by atoms with Gasteiger partial charge >= 0.3 is 0 Å². The first-order valence-electron chi connectivity index (χ1n) is 13.4. The van der Waals surface area contributed by atoms with E-state index in [0.29, 0.717) is 46.0 Å². The Kier molecular flexibility index (Phi) is 10.1. The molecule has 0 spiro atoms. The standard InChI is InChI=1S/C28H35Cl2N3O6S/c1-19(28(35)31-20-7-3-4-8-20)32(18-22-23(29)9-5-10-24(22)30)27(34)11-6-14-33(40(2,36)37)21-12-13-25-26(17-21)39-16-15-38-25/h5,9-10,12-13,17,19-20H,3-4,6-8,11,14-16,18H2,1-2H3,(H,31,35)/t19-/m1/s1. The summed E-state index contributed by atoms with van der Waals surface area (Å²) in [4.78, 5) is 28.2. The molecule has 218 valence electrons. The highest BCUT2D eigenvalue weighted by Crippen LogP contribution is 2.35. The Morgan fingerprint density at radius 2 is 1.70 bits per heavy atom. The topological polar surface area (TPSA) is 105 Å². The van der Waals surface area contributed by atoms with E-state index in [2.05, 4.69) is 5.32 Å². The first-order chi connectivity index (χ1) is 19.0. The normalized spacial score (nSPS) is 15.9. The Labute approximate surface area is 245 Å². The van der Waals surface area contributed by atoms with Crippen LogP contribution >= 0.6 is 23.2 Å². The highest BCUT2D eigenvalue weighted by molar-refractivity contribution is 7.92. The van der Waals surface area contributed by atoms with Crippen LogP contribution in [0.15, 0.2) is 36.4 Å². The lowest BCUT2D eigenvalue weighted by Crippen LogP contribution is -2.49. The van der Waals surface area contributed by atoms with Crippen LogP contribution in [0.1, 0.15) is 51.0 Å². The lowest BCUT2D eigenvalue weighted by molar-refractivity contribution is -0.140. The fourth-order valence-electron chi connectivity index (χ4n) is 5.02. The number of ether oxygens (including phenoxy) is 2. The summed E-state index contributed by atoms with van der Waals surface area (Å²) in [5.41, 5.74) is 0.969. The van der Waals surface area contributed by atoms with Crippen molar-refractivity contribution in [2.75, 3.05) is 30.3 Å². The average molecular weight is 613 g/mol. The zero-order valence-electron chi connectivity index (χ0n) is 22.7. The molecular weight excluding hydrogens is 577 g/mol. The van der Waals surface area contributed by atoms with Gasteiger partial charge in [0.2, 0.25) is 21.8 Å². The first-order valence-corrected chi connectivity index (χ1v) is 16.0. The zero-order valence-corrected chi connectivity index (χ0v) is 25.0. The van der Waals surface area contributed by atoms with E-state index in [1.54, 1.807) is 43.3 Å². The van der Waals surface area contributed by atoms with E-state index < -0.39 is 16.1 Å². The molecule has 1 fully saturated rings. The van der Waals surface area contributed by atoms with Crippen molar-refractivity contribution >= 4 is 50.7 Å². The van der Waals surface area contributed by atoms with Gasteiger partial charge in [0.05, 0.1) is 11.9 Å². The van der Waals surface area contributed by atoms with E-state index in [1.807, 2.05) is 0 Å². The lowest BCUT2D eigenvalue weighted by Gasteiger charge is -2.31. The molecule has 1 atom stereocenters. The third-order valence-electron chi connectivity index (χ3n) is 7.22. The molecule has 9 nitrogen and oxygen atoms in total. The van der Waals surface area contributed by atoms with E-state index in [1.165, 1.54) is 9.21 Å². The van der Waals surface area contributed by atoms with Gasteiger partial charge in [-0.25, -0.2) is 8.42 Å². The van der Waals surface area contributed by atoms with Crippen molar-refractivity contribution in [3.8, 4) is 11.5 Å². The molecule has 0 unspecified atom stereocenters. The van der Waals surface area contributed by atoms with Crippen LogP contribution in [0.2, 0.25) is 10.0 Å². The largest absolute Gasteiger partial charge is 0.486 e. The number of carbonyl (C=O) groups is 2. The number of nitrogens with zero attached hydrogens (tertiary/aromatic N) is 2. The Bertz CT molecular complexity index is 1310. The molecule has 2 aromatic rings. The summed E-state index contributed by atoms with van der Waals surface area (Å²) in [7, 11) is -3.65. The molecule has 1 aliphatic carbocycles. The Morgan fingerprint density at radius 1 is 1.05 bits per heavy atom. The smallest absolute Gasteiger partial charge is 0.242 e. The van der Waals surface area contributed by atoms with Gasteiger partial charge in [0.15, 0.2) is 11.5 Å². The van der Waals surface area contributed by atoms with Gasteiger partial charge in [0.25, 0.3) is 0 Å². The van der Waals surface area contributed by atoms with Crippen LogP contribution in [0.4, 0.5) is 5.69 Å². The van der Waals surface area contributed by atoms with E-state index in [0.717, 1.165) is 31.9 Å². The van der Waals surface area contributed by atoms with Crippen LogP contribution in [0, 0.1) is 0 Å². The third-order valence-corrected chi connectivity index (χ3v) is 9.13. The number of nitrogens with one attached hydrogen (secondary N) is 1. The fourth-order valence-corrected chi connectivity index (χ4v) is 6.49. The summed E-state index contributed by atoms with van der Waals surface area (Å²) in [6.07, 6.45) is 5.33. The van der Waals surface area contributed by atoms with Crippen LogP contribution in [-0.2, 0) is 26.2 Å². The average Bonchev–Trinajstić information content (AvgIpc) is 3.42. The summed E-state index contributed by atoms with van der Waals surface area (Å²) < 4.78 is 37.7. The summed E-state index contributed by atoms with van der Waals surface area (Å²) in [6.45, 7) is 2.60. The van der Waals surface area contributed by atoms with Crippen molar-refractivity contribution in [1.82, 2.24) is 10.2 Å². The summed E-state index contributed by atoms with van der Waals surface area (Å²) in [5, 5.41) is 3.86. The molecule has 0 aromatic heterocycles. The van der Waals surface area contributed by atoms with E-state index in [-0.39, 0.29) is 43.8 Å². The van der Waals surface area contributed by atoms with Gasteiger partial charge in [0.1, 0.15) is 19.3 Å². The molecule has 2 amide bonds. The highest BCUT2D eigenvalue weighted by atomic mass is 35.5. The zero-order chi connectivity index (χ0) is 28.9. The maximum absolute atomic E-state index is 13.6. The molecule has 40 heavy (non-hydrogen) atoms. The molecule has 12 heteroatoms. The number of fused-ring (bicyclic) bond motifs is 1. The second-order valence-corrected chi connectivity index (χ2v) is 12.9. The van der Waals surface area contributed by atoms with Crippen LogP contribution < -0.4 is 19.1 Å². The van der Waals surface area contributed by atoms with Gasteiger partial charge < -0.3 is 19.7 Å². The fraction of sp³-hybridized carbons (Fsp3) is 0.500. The van der Waals surface area contributed by atoms with Crippen LogP contribution in [0.5, 0.6) is 11.5 Å². The van der Waals surface area contributed by atoms with E-state index in [4.69, 9.17) is 32.7 Å². The number of anilines is 1. The molecule has 1 heterocycles. The third kappa shape index (κ3) is 7.53. The summed E-state index contributed by atoms with van der Waals surface area (Å²) in [6, 6.07) is 9.36. The molecule has 2 aliphatic rings. The van der Waals surface area contributed by atoms with Gasteiger partial charge in [-0.15, -0.1) is 0 Å². The minimum absolute atomic E-state index is 0.0136. The van der Waals surface area contributed by atoms with Gasteiger partial charge in [-0.2, -0.15) is 0 Å². The van der Waals surface area contributed by atoms with E-state index >= 15 is 0 Å². The van der Waals surface area contributed by atoms with Crippen molar-refractivity contribution < 1.29 is 27.5 Å². The predicted octanol–water partition coefficient (Wildman–Crippen LogP) is 4.79. The molecule has 0 radical (unpaired) electrons. The van der Waals surface area contributed by atoms with Crippen LogP contribution in [0.25, 0.3) is 0 Å². The Morgan fingerprint density at radius 3 is 2.35 bits per heavy atom. The monoisotopic (exact) mass is 611 g/mol. The number of carbonyl (C=O) groups excluding carboxylic acids is 2. The molecule has 1 N–H and O–H groups in total. The van der Waals surface area contributed by atoms with Crippen LogP contribution in [-0.4, -0.2) is 63.2 Å². The number of hydrogen-bond acceptors (Lipinski definition) is 6. The molecule has 1 aliphatic heterocycles. The van der Waals surface area contributed by atoms with E-state index in [9.17, 15) is 18.0 Å². The molecule has 0 bridgehead atoms.